The summed E-state index contributed by atoms with van der Waals surface area (Å²) in [5.41, 5.74) is 8.03. The minimum atomic E-state index is -0.333. The first-order valence-corrected chi connectivity index (χ1v) is 6.73. The molecule has 112 valence electrons. The lowest BCUT2D eigenvalue weighted by molar-refractivity contribution is 0.611. The molecule has 0 saturated carbocycles. The van der Waals surface area contributed by atoms with Gasteiger partial charge in [-0.05, 0) is 12.1 Å². The van der Waals surface area contributed by atoms with Crippen LogP contribution in [0.3, 0.4) is 0 Å². The first-order valence-electron chi connectivity index (χ1n) is 6.73. The van der Waals surface area contributed by atoms with Crippen molar-refractivity contribution in [3.63, 3.8) is 0 Å². The van der Waals surface area contributed by atoms with Crippen molar-refractivity contribution in [1.29, 1.82) is 0 Å². The third-order valence-corrected chi connectivity index (χ3v) is 3.19. The summed E-state index contributed by atoms with van der Waals surface area (Å²) in [6.45, 7) is 0.170. The molecule has 0 atom stereocenters. The third kappa shape index (κ3) is 2.94. The highest BCUT2D eigenvalue weighted by atomic mass is 19.1. The number of aromatic nitrogens is 4. The van der Waals surface area contributed by atoms with Crippen LogP contribution in [0.2, 0.25) is 0 Å². The van der Waals surface area contributed by atoms with Gasteiger partial charge >= 0.3 is 0 Å². The number of halogens is 1. The fourth-order valence-corrected chi connectivity index (χ4v) is 2.07. The molecular weight excluding hydrogens is 283 g/mol. The van der Waals surface area contributed by atoms with Gasteiger partial charge in [0.05, 0.1) is 17.6 Å². The number of hydrogen-bond donors (Lipinski definition) is 2. The lowest BCUT2D eigenvalue weighted by Crippen LogP contribution is -2.00. The Balaban J connectivity index is 1.89. The summed E-state index contributed by atoms with van der Waals surface area (Å²) in [5.74, 6) is 0.0918. The van der Waals surface area contributed by atoms with E-state index in [2.05, 4.69) is 20.4 Å². The molecule has 0 aliphatic rings. The Hall–Kier alpha value is -2.80. The molecule has 3 aromatic rings. The van der Waals surface area contributed by atoms with Crippen molar-refractivity contribution in [2.75, 3.05) is 5.32 Å². The van der Waals surface area contributed by atoms with E-state index in [1.165, 1.54) is 6.07 Å². The van der Waals surface area contributed by atoms with Gasteiger partial charge in [0.2, 0.25) is 5.95 Å². The van der Waals surface area contributed by atoms with Crippen molar-refractivity contribution >= 4 is 11.6 Å². The summed E-state index contributed by atoms with van der Waals surface area (Å²) in [7, 11) is 1.82. The van der Waals surface area contributed by atoms with Crippen molar-refractivity contribution in [3.8, 4) is 11.3 Å². The summed E-state index contributed by atoms with van der Waals surface area (Å²) in [6.07, 6.45) is 5.10. The fraction of sp³-hybridized carbons (Fsp3) is 0.133. The Morgan fingerprint density at radius 1 is 1.32 bits per heavy atom. The van der Waals surface area contributed by atoms with E-state index in [-0.39, 0.29) is 12.4 Å². The highest BCUT2D eigenvalue weighted by Gasteiger charge is 2.07. The molecule has 2 aromatic heterocycles. The van der Waals surface area contributed by atoms with E-state index in [4.69, 9.17) is 5.73 Å². The lowest BCUT2D eigenvalue weighted by atomic mass is 10.1. The molecule has 3 N–H and O–H groups in total. The normalized spacial score (nSPS) is 10.7. The van der Waals surface area contributed by atoms with Crippen molar-refractivity contribution in [2.24, 2.45) is 12.8 Å². The van der Waals surface area contributed by atoms with Crippen LogP contribution in [-0.2, 0) is 13.6 Å². The largest absolute Gasteiger partial charge is 0.326 e. The van der Waals surface area contributed by atoms with Crippen molar-refractivity contribution < 1.29 is 4.39 Å². The minimum Gasteiger partial charge on any atom is -0.326 e. The molecular formula is C15H15FN6. The average molecular weight is 298 g/mol. The maximum Gasteiger partial charge on any atom is 0.227 e. The van der Waals surface area contributed by atoms with Gasteiger partial charge in [-0.15, -0.1) is 0 Å². The second-order valence-electron chi connectivity index (χ2n) is 4.80. The second kappa shape index (κ2) is 5.90. The minimum absolute atomic E-state index is 0.170. The van der Waals surface area contributed by atoms with Gasteiger partial charge in [0.25, 0.3) is 0 Å². The summed E-state index contributed by atoms with van der Waals surface area (Å²) in [4.78, 5) is 8.54. The van der Waals surface area contributed by atoms with E-state index in [9.17, 15) is 4.39 Å². The molecule has 2 heterocycles. The Bertz CT molecular complexity index is 798. The lowest BCUT2D eigenvalue weighted by Gasteiger charge is -2.06. The Labute approximate surface area is 126 Å². The van der Waals surface area contributed by atoms with Gasteiger partial charge in [0, 0.05) is 37.1 Å². The highest BCUT2D eigenvalue weighted by molar-refractivity contribution is 5.62. The van der Waals surface area contributed by atoms with Gasteiger partial charge in [0.1, 0.15) is 5.82 Å². The molecule has 0 aliphatic heterocycles. The number of nitrogens with one attached hydrogen (secondary N) is 1. The number of anilines is 2. The van der Waals surface area contributed by atoms with Crippen LogP contribution in [0, 0.1) is 5.82 Å². The van der Waals surface area contributed by atoms with Crippen molar-refractivity contribution in [1.82, 2.24) is 19.7 Å². The van der Waals surface area contributed by atoms with E-state index < -0.39 is 0 Å². The van der Waals surface area contributed by atoms with Gasteiger partial charge in [-0.25, -0.2) is 14.4 Å². The number of aryl methyl sites for hydroxylation is 1. The van der Waals surface area contributed by atoms with Crippen LogP contribution in [0.25, 0.3) is 11.3 Å². The van der Waals surface area contributed by atoms with Gasteiger partial charge in [-0.2, -0.15) is 5.10 Å². The smallest absolute Gasteiger partial charge is 0.227 e. The number of benzene rings is 1. The van der Waals surface area contributed by atoms with Crippen LogP contribution < -0.4 is 11.1 Å². The number of nitrogens with zero attached hydrogens (tertiary/aromatic N) is 4. The number of hydrogen-bond acceptors (Lipinski definition) is 5. The van der Waals surface area contributed by atoms with Crippen LogP contribution in [-0.4, -0.2) is 19.7 Å². The van der Waals surface area contributed by atoms with E-state index in [0.29, 0.717) is 22.8 Å². The number of nitrogens with two attached hydrogens (primary N) is 1. The van der Waals surface area contributed by atoms with Crippen molar-refractivity contribution in [2.45, 2.75) is 6.54 Å². The van der Waals surface area contributed by atoms with E-state index in [0.717, 1.165) is 5.69 Å². The summed E-state index contributed by atoms with van der Waals surface area (Å²) in [6, 6.07) is 6.62. The van der Waals surface area contributed by atoms with Gasteiger partial charge < -0.3 is 11.1 Å². The predicted molar refractivity (Wildman–Crippen MR) is 81.8 cm³/mol. The topological polar surface area (TPSA) is 81.7 Å². The Morgan fingerprint density at radius 3 is 2.86 bits per heavy atom. The zero-order valence-corrected chi connectivity index (χ0v) is 12.0. The van der Waals surface area contributed by atoms with E-state index in [1.807, 2.05) is 13.2 Å². The summed E-state index contributed by atoms with van der Waals surface area (Å²) in [5, 5.41) is 7.11. The van der Waals surface area contributed by atoms with Crippen LogP contribution in [0.4, 0.5) is 16.0 Å². The van der Waals surface area contributed by atoms with Crippen molar-refractivity contribution in [3.05, 3.63) is 54.2 Å². The molecule has 1 aromatic carbocycles. The summed E-state index contributed by atoms with van der Waals surface area (Å²) >= 11 is 0. The maximum atomic E-state index is 13.8. The van der Waals surface area contributed by atoms with Crippen LogP contribution in [0.1, 0.15) is 5.56 Å². The molecule has 3 rings (SSSR count). The molecule has 7 heteroatoms. The van der Waals surface area contributed by atoms with E-state index in [1.54, 1.807) is 35.3 Å². The quantitative estimate of drug-likeness (QED) is 0.772. The highest BCUT2D eigenvalue weighted by Crippen LogP contribution is 2.21. The molecule has 0 aliphatic carbocycles. The average Bonchev–Trinajstić information content (AvgIpc) is 2.92. The molecule has 0 fully saturated rings. The third-order valence-electron chi connectivity index (χ3n) is 3.19. The molecule has 0 radical (unpaired) electrons. The molecule has 0 saturated heterocycles. The van der Waals surface area contributed by atoms with Gasteiger partial charge in [-0.1, -0.05) is 12.1 Å². The van der Waals surface area contributed by atoms with E-state index >= 15 is 0 Å². The molecule has 6 nitrogen and oxygen atoms in total. The SMILES string of the molecule is Cn1cc(Nc2nccc(-c3ccc(CN)c(F)c3)n2)cn1. The van der Waals surface area contributed by atoms with Gasteiger partial charge in [0.15, 0.2) is 0 Å². The van der Waals surface area contributed by atoms with Crippen LogP contribution >= 0.6 is 0 Å². The van der Waals surface area contributed by atoms with Crippen LogP contribution in [0.15, 0.2) is 42.9 Å². The molecule has 0 bridgehead atoms. The first-order chi connectivity index (χ1) is 10.7. The predicted octanol–water partition coefficient (Wildman–Crippen LogP) is 2.22. The standard InChI is InChI=1S/C15H15FN6/c1-22-9-12(8-19-22)20-15-18-5-4-14(21-15)10-2-3-11(7-17)13(16)6-10/h2-6,8-9H,7,17H2,1H3,(H,18,20,21). The monoisotopic (exact) mass is 298 g/mol. The first kappa shape index (κ1) is 14.2. The zero-order valence-electron chi connectivity index (χ0n) is 12.0. The Morgan fingerprint density at radius 2 is 2.18 bits per heavy atom. The molecule has 0 unspecified atom stereocenters. The molecule has 22 heavy (non-hydrogen) atoms. The zero-order chi connectivity index (χ0) is 15.5. The number of rotatable bonds is 4. The van der Waals surface area contributed by atoms with Gasteiger partial charge in [-0.3, -0.25) is 4.68 Å². The van der Waals surface area contributed by atoms with Crippen LogP contribution in [0.5, 0.6) is 0 Å². The fourth-order valence-electron chi connectivity index (χ4n) is 2.07. The molecule has 0 spiro atoms. The summed E-state index contributed by atoms with van der Waals surface area (Å²) < 4.78 is 15.5. The second-order valence-corrected chi connectivity index (χ2v) is 4.80. The Kier molecular flexibility index (Phi) is 3.80. The molecule has 0 amide bonds. The maximum absolute atomic E-state index is 13.8.